The number of halogens is 2. The summed E-state index contributed by atoms with van der Waals surface area (Å²) in [6.07, 6.45) is 2.19. The Morgan fingerprint density at radius 2 is 1.63 bits per heavy atom. The van der Waals surface area contributed by atoms with Crippen molar-refractivity contribution < 1.29 is 23.5 Å². The third-order valence-electron chi connectivity index (χ3n) is 6.87. The number of thioether (sulfide) groups is 1. The number of carboxylic acid groups (broad SMARTS) is 1. The lowest BCUT2D eigenvalue weighted by molar-refractivity contribution is -0.139. The molecule has 2 N–H and O–H groups in total. The van der Waals surface area contributed by atoms with Crippen molar-refractivity contribution in [1.29, 1.82) is 0 Å². The third-order valence-corrected chi connectivity index (χ3v) is 7.51. The first kappa shape index (κ1) is 29.8. The van der Waals surface area contributed by atoms with Gasteiger partial charge in [0.15, 0.2) is 11.6 Å². The summed E-state index contributed by atoms with van der Waals surface area (Å²) >= 11 is 1.52. The van der Waals surface area contributed by atoms with Gasteiger partial charge >= 0.3 is 5.97 Å². The highest BCUT2D eigenvalue weighted by Crippen LogP contribution is 2.30. The van der Waals surface area contributed by atoms with E-state index in [1.54, 1.807) is 12.1 Å². The molecule has 0 heterocycles. The Kier molecular flexibility index (Phi) is 10.1. The Morgan fingerprint density at radius 3 is 2.34 bits per heavy atom. The number of carbonyl (C=O) groups excluding carboxylic acids is 1. The van der Waals surface area contributed by atoms with E-state index >= 15 is 0 Å². The molecule has 0 aliphatic rings. The zero-order valence-electron chi connectivity index (χ0n) is 22.9. The van der Waals surface area contributed by atoms with Gasteiger partial charge in [0.05, 0.1) is 0 Å². The maximum absolute atomic E-state index is 14.6. The fourth-order valence-electron chi connectivity index (χ4n) is 4.69. The van der Waals surface area contributed by atoms with Crippen LogP contribution in [0.1, 0.15) is 33.5 Å². The van der Waals surface area contributed by atoms with Crippen LogP contribution in [0.25, 0.3) is 11.1 Å². The number of rotatable bonds is 12. The first-order valence-corrected chi connectivity index (χ1v) is 14.6. The average Bonchev–Trinajstić information content (AvgIpc) is 2.97. The van der Waals surface area contributed by atoms with Crippen LogP contribution in [-0.4, -0.2) is 35.0 Å². The minimum absolute atomic E-state index is 0.130. The van der Waals surface area contributed by atoms with Gasteiger partial charge in [0, 0.05) is 29.9 Å². The molecule has 0 unspecified atom stereocenters. The number of aliphatic carboxylic acids is 1. The number of hydrogen-bond acceptors (Lipinski definition) is 4. The molecule has 4 rings (SSSR count). The van der Waals surface area contributed by atoms with E-state index in [1.807, 2.05) is 84.8 Å². The van der Waals surface area contributed by atoms with E-state index in [0.717, 1.165) is 28.4 Å². The van der Waals surface area contributed by atoms with Crippen LogP contribution in [0.4, 0.5) is 14.5 Å². The van der Waals surface area contributed by atoms with Crippen molar-refractivity contribution in [3.63, 3.8) is 0 Å². The fraction of sp³-hybridized carbons (Fsp3) is 0.212. The molecule has 8 heteroatoms. The zero-order valence-corrected chi connectivity index (χ0v) is 23.8. The fourth-order valence-corrected chi connectivity index (χ4v) is 5.16. The Labute approximate surface area is 243 Å². The van der Waals surface area contributed by atoms with Crippen LogP contribution in [0.15, 0.2) is 91.0 Å². The molecule has 1 amide bonds. The standard InChI is InChI=1S/C33H32F2N2O3S/c1-22-9-6-7-13-26(22)28-19-23(15-16-27(28)32(38)36-30(33(39)40)17-18-41-2)20-37(25-11-4-3-5-12-25)21-24-10-8-14-29(34)31(24)35/h3-16,19,30H,17-18,20-21H2,1-2H3,(H,36,38)(H,39,40)/t30-/m0/s1. The van der Waals surface area contributed by atoms with E-state index in [-0.39, 0.29) is 12.1 Å². The molecule has 0 spiro atoms. The van der Waals surface area contributed by atoms with Gasteiger partial charge in [-0.25, -0.2) is 13.6 Å². The Morgan fingerprint density at radius 1 is 0.902 bits per heavy atom. The number of carboxylic acids is 1. The molecule has 0 saturated heterocycles. The first-order chi connectivity index (χ1) is 19.8. The summed E-state index contributed by atoms with van der Waals surface area (Å²) < 4.78 is 28.6. The molecule has 4 aromatic rings. The molecule has 0 fully saturated rings. The molecule has 0 aliphatic heterocycles. The molecule has 41 heavy (non-hydrogen) atoms. The van der Waals surface area contributed by atoms with Gasteiger partial charge in [0.1, 0.15) is 6.04 Å². The summed E-state index contributed by atoms with van der Waals surface area (Å²) in [5.74, 6) is -2.72. The van der Waals surface area contributed by atoms with Gasteiger partial charge in [-0.15, -0.1) is 0 Å². The summed E-state index contributed by atoms with van der Waals surface area (Å²) in [6, 6.07) is 25.7. The largest absolute Gasteiger partial charge is 0.480 e. The van der Waals surface area contributed by atoms with Gasteiger partial charge < -0.3 is 15.3 Å². The molecular formula is C33H32F2N2O3S. The molecule has 1 atom stereocenters. The second-order valence-corrected chi connectivity index (χ2v) is 10.7. The Balaban J connectivity index is 1.72. The lowest BCUT2D eigenvalue weighted by Gasteiger charge is -2.26. The predicted octanol–water partition coefficient (Wildman–Crippen LogP) is 7.08. The van der Waals surface area contributed by atoms with E-state index in [9.17, 15) is 23.5 Å². The monoisotopic (exact) mass is 574 g/mol. The van der Waals surface area contributed by atoms with Crippen molar-refractivity contribution in [3.05, 3.63) is 125 Å². The SMILES string of the molecule is CSCC[C@H](NC(=O)c1ccc(CN(Cc2cccc(F)c2F)c2ccccc2)cc1-c1ccccc1C)C(=O)O. The van der Waals surface area contributed by atoms with Crippen LogP contribution < -0.4 is 10.2 Å². The molecule has 4 aromatic carbocycles. The highest BCUT2D eigenvalue weighted by atomic mass is 32.2. The number of nitrogens with one attached hydrogen (secondary N) is 1. The zero-order chi connectivity index (χ0) is 29.4. The number of nitrogens with zero attached hydrogens (tertiary/aromatic N) is 1. The molecule has 0 saturated carbocycles. The van der Waals surface area contributed by atoms with Crippen molar-refractivity contribution in [2.45, 2.75) is 32.5 Å². The molecule has 0 aromatic heterocycles. The van der Waals surface area contributed by atoms with Crippen LogP contribution in [-0.2, 0) is 17.9 Å². The summed E-state index contributed by atoms with van der Waals surface area (Å²) in [6.45, 7) is 2.43. The van der Waals surface area contributed by atoms with Crippen molar-refractivity contribution >= 4 is 29.3 Å². The smallest absolute Gasteiger partial charge is 0.326 e. The number of benzene rings is 4. The molecular weight excluding hydrogens is 542 g/mol. The molecule has 5 nitrogen and oxygen atoms in total. The van der Waals surface area contributed by atoms with Crippen LogP contribution in [0.3, 0.4) is 0 Å². The maximum Gasteiger partial charge on any atom is 0.326 e. The Hall–Kier alpha value is -4.17. The minimum atomic E-state index is -1.08. The summed E-state index contributed by atoms with van der Waals surface area (Å²) in [7, 11) is 0. The van der Waals surface area contributed by atoms with Gasteiger partial charge in [0.25, 0.3) is 5.91 Å². The normalized spacial score (nSPS) is 11.6. The molecule has 212 valence electrons. The van der Waals surface area contributed by atoms with Crippen LogP contribution in [0.5, 0.6) is 0 Å². The third kappa shape index (κ3) is 7.52. The van der Waals surface area contributed by atoms with Gasteiger partial charge in [-0.3, -0.25) is 4.79 Å². The topological polar surface area (TPSA) is 69.6 Å². The van der Waals surface area contributed by atoms with Crippen molar-refractivity contribution in [3.8, 4) is 11.1 Å². The number of para-hydroxylation sites is 1. The number of amides is 1. The number of hydrogen-bond donors (Lipinski definition) is 2. The summed E-state index contributed by atoms with van der Waals surface area (Å²) in [5.41, 5.74) is 4.73. The van der Waals surface area contributed by atoms with E-state index in [1.165, 1.54) is 17.8 Å². The molecule has 0 aliphatic carbocycles. The number of carbonyl (C=O) groups is 2. The average molecular weight is 575 g/mol. The quantitative estimate of drug-likeness (QED) is 0.189. The van der Waals surface area contributed by atoms with E-state index in [0.29, 0.717) is 29.8 Å². The second-order valence-electron chi connectivity index (χ2n) is 9.75. The Bertz CT molecular complexity index is 1510. The van der Waals surface area contributed by atoms with Crippen LogP contribution in [0.2, 0.25) is 0 Å². The number of anilines is 1. The summed E-state index contributed by atoms with van der Waals surface area (Å²) in [4.78, 5) is 27.2. The van der Waals surface area contributed by atoms with E-state index < -0.39 is 29.6 Å². The first-order valence-electron chi connectivity index (χ1n) is 13.2. The van der Waals surface area contributed by atoms with E-state index in [4.69, 9.17) is 0 Å². The van der Waals surface area contributed by atoms with Gasteiger partial charge in [-0.2, -0.15) is 11.8 Å². The van der Waals surface area contributed by atoms with E-state index in [2.05, 4.69) is 5.32 Å². The second kappa shape index (κ2) is 13.9. The molecule has 0 radical (unpaired) electrons. The van der Waals surface area contributed by atoms with Crippen molar-refractivity contribution in [2.24, 2.45) is 0 Å². The van der Waals surface area contributed by atoms with Gasteiger partial charge in [0.2, 0.25) is 0 Å². The van der Waals surface area contributed by atoms with Crippen molar-refractivity contribution in [2.75, 3.05) is 16.9 Å². The minimum Gasteiger partial charge on any atom is -0.480 e. The van der Waals surface area contributed by atoms with Crippen molar-refractivity contribution in [1.82, 2.24) is 5.32 Å². The summed E-state index contributed by atoms with van der Waals surface area (Å²) in [5, 5.41) is 12.3. The van der Waals surface area contributed by atoms with Crippen LogP contribution in [0, 0.1) is 18.6 Å². The number of aryl methyl sites for hydroxylation is 1. The highest BCUT2D eigenvalue weighted by Gasteiger charge is 2.23. The molecule has 0 bridgehead atoms. The highest BCUT2D eigenvalue weighted by molar-refractivity contribution is 7.98. The maximum atomic E-state index is 14.6. The van der Waals surface area contributed by atoms with Gasteiger partial charge in [-0.1, -0.05) is 60.7 Å². The van der Waals surface area contributed by atoms with Crippen LogP contribution >= 0.6 is 11.8 Å². The lowest BCUT2D eigenvalue weighted by Crippen LogP contribution is -2.41. The lowest BCUT2D eigenvalue weighted by atomic mass is 9.93. The van der Waals surface area contributed by atoms with Gasteiger partial charge in [-0.05, 0) is 77.9 Å². The predicted molar refractivity (Wildman–Crippen MR) is 161 cm³/mol.